The number of benzene rings is 2. The van der Waals surface area contributed by atoms with E-state index in [1.807, 2.05) is 12.1 Å². The van der Waals surface area contributed by atoms with Gasteiger partial charge in [0, 0.05) is 66.8 Å². The molecular weight excluding hydrogens is 435 g/mol. The fourth-order valence-electron chi connectivity index (χ4n) is 4.28. The summed E-state index contributed by atoms with van der Waals surface area (Å²) < 4.78 is 14.8. The number of carbonyl (C=O) groups is 3. The highest BCUT2D eigenvalue weighted by atomic mass is 19.1. The average molecular weight is 456 g/mol. The van der Waals surface area contributed by atoms with Crippen LogP contribution in [0, 0.1) is 5.82 Å². The Kier molecular flexibility index (Phi) is 5.63. The van der Waals surface area contributed by atoms with E-state index in [0.717, 1.165) is 5.56 Å². The molecule has 0 spiro atoms. The molecule has 0 radical (unpaired) electrons. The molecule has 1 fully saturated rings. The normalized spacial score (nSPS) is 13.8. The molecule has 8 heteroatoms. The Bertz CT molecular complexity index is 1380. The summed E-state index contributed by atoms with van der Waals surface area (Å²) >= 11 is 0. The van der Waals surface area contributed by atoms with Crippen molar-refractivity contribution in [1.82, 2.24) is 19.8 Å². The van der Waals surface area contributed by atoms with Crippen molar-refractivity contribution in [2.45, 2.75) is 0 Å². The molecule has 0 atom stereocenters. The number of nitrogens with zero attached hydrogens (tertiary/aromatic N) is 3. The molecule has 2 amide bonds. The van der Waals surface area contributed by atoms with Gasteiger partial charge in [0.15, 0.2) is 0 Å². The van der Waals surface area contributed by atoms with E-state index in [1.165, 1.54) is 17.2 Å². The Morgan fingerprint density at radius 1 is 0.882 bits per heavy atom. The molecule has 0 aliphatic carbocycles. The van der Waals surface area contributed by atoms with Crippen molar-refractivity contribution >= 4 is 28.5 Å². The van der Waals surface area contributed by atoms with Gasteiger partial charge in [0.25, 0.3) is 17.6 Å². The van der Waals surface area contributed by atoms with Crippen molar-refractivity contribution in [3.8, 4) is 11.1 Å². The number of halogens is 1. The first-order valence-corrected chi connectivity index (χ1v) is 10.9. The van der Waals surface area contributed by atoms with Gasteiger partial charge in [-0.15, -0.1) is 0 Å². The zero-order valence-corrected chi connectivity index (χ0v) is 18.2. The van der Waals surface area contributed by atoms with E-state index in [2.05, 4.69) is 9.97 Å². The summed E-state index contributed by atoms with van der Waals surface area (Å²) in [5.41, 5.74) is 2.45. The van der Waals surface area contributed by atoms with E-state index in [9.17, 15) is 18.8 Å². The Hall–Kier alpha value is -4.33. The first kappa shape index (κ1) is 21.5. The lowest BCUT2D eigenvalue weighted by Gasteiger charge is -2.34. The van der Waals surface area contributed by atoms with Gasteiger partial charge in [0.2, 0.25) is 0 Å². The summed E-state index contributed by atoms with van der Waals surface area (Å²) in [7, 11) is 0. The molecule has 0 saturated carbocycles. The molecule has 170 valence electrons. The van der Waals surface area contributed by atoms with Gasteiger partial charge in [0.1, 0.15) is 5.82 Å². The van der Waals surface area contributed by atoms with E-state index >= 15 is 0 Å². The molecule has 1 aliphatic heterocycles. The summed E-state index contributed by atoms with van der Waals surface area (Å²) in [4.78, 5) is 48.8. The molecule has 3 heterocycles. The van der Waals surface area contributed by atoms with Crippen LogP contribution in [-0.4, -0.2) is 63.5 Å². The molecule has 0 bridgehead atoms. The van der Waals surface area contributed by atoms with Crippen LogP contribution >= 0.6 is 0 Å². The number of fused-ring (bicyclic) bond motifs is 1. The highest BCUT2D eigenvalue weighted by molar-refractivity contribution is 6.45. The van der Waals surface area contributed by atoms with Crippen LogP contribution in [-0.2, 0) is 4.79 Å². The van der Waals surface area contributed by atoms with Gasteiger partial charge in [-0.05, 0) is 30.3 Å². The second-order valence-electron chi connectivity index (χ2n) is 8.07. The molecule has 1 aliphatic rings. The molecule has 5 rings (SSSR count). The van der Waals surface area contributed by atoms with Gasteiger partial charge in [-0.2, -0.15) is 0 Å². The third-order valence-electron chi connectivity index (χ3n) is 6.07. The van der Waals surface area contributed by atoms with Crippen molar-refractivity contribution in [1.29, 1.82) is 0 Å². The number of hydrogen-bond acceptors (Lipinski definition) is 4. The van der Waals surface area contributed by atoms with Crippen molar-refractivity contribution in [3.63, 3.8) is 0 Å². The maximum absolute atomic E-state index is 14.8. The van der Waals surface area contributed by atoms with E-state index in [4.69, 9.17) is 0 Å². The Balaban J connectivity index is 1.35. The lowest BCUT2D eigenvalue weighted by Crippen LogP contribution is -2.52. The number of piperazine rings is 1. The number of hydrogen-bond donors (Lipinski definition) is 1. The molecule has 1 saturated heterocycles. The maximum Gasteiger partial charge on any atom is 0.295 e. The minimum atomic E-state index is -0.781. The summed E-state index contributed by atoms with van der Waals surface area (Å²) in [6, 6.07) is 15.4. The van der Waals surface area contributed by atoms with Crippen LogP contribution in [0.1, 0.15) is 20.7 Å². The number of H-pyrrole nitrogens is 1. The number of aromatic nitrogens is 2. The summed E-state index contributed by atoms with van der Waals surface area (Å²) in [6.45, 7) is 1.10. The predicted molar refractivity (Wildman–Crippen MR) is 125 cm³/mol. The first-order chi connectivity index (χ1) is 16.5. The van der Waals surface area contributed by atoms with Crippen LogP contribution in [0.15, 0.2) is 73.2 Å². The van der Waals surface area contributed by atoms with Gasteiger partial charge >= 0.3 is 0 Å². The fourth-order valence-corrected chi connectivity index (χ4v) is 4.28. The Labute approximate surface area is 194 Å². The van der Waals surface area contributed by atoms with Crippen molar-refractivity contribution in [2.75, 3.05) is 26.2 Å². The molecule has 2 aromatic carbocycles. The highest BCUT2D eigenvalue weighted by Crippen LogP contribution is 2.32. The summed E-state index contributed by atoms with van der Waals surface area (Å²) in [6.07, 6.45) is 4.67. The minimum absolute atomic E-state index is 0.00830. The number of aromatic amines is 1. The highest BCUT2D eigenvalue weighted by Gasteiger charge is 2.31. The zero-order valence-electron chi connectivity index (χ0n) is 18.2. The Morgan fingerprint density at radius 2 is 1.62 bits per heavy atom. The number of pyridine rings is 1. The van der Waals surface area contributed by atoms with Crippen LogP contribution in [0.3, 0.4) is 0 Å². The minimum Gasteiger partial charge on any atom is -0.360 e. The monoisotopic (exact) mass is 456 g/mol. The van der Waals surface area contributed by atoms with Gasteiger partial charge in [-0.1, -0.05) is 24.3 Å². The van der Waals surface area contributed by atoms with Crippen molar-refractivity contribution in [3.05, 3.63) is 90.1 Å². The third kappa shape index (κ3) is 3.83. The van der Waals surface area contributed by atoms with E-state index in [1.54, 1.807) is 53.7 Å². The standard InChI is InChI=1S/C26H21FN4O3/c27-21-9-8-19(18-7-4-10-28-15-18)23-22(21)20(16-29-23)24(32)26(34)31-13-11-30(12-14-31)25(33)17-5-2-1-3-6-17/h1-10,15-16,29H,11-14H2. The van der Waals surface area contributed by atoms with Gasteiger partial charge in [-0.3, -0.25) is 19.4 Å². The van der Waals surface area contributed by atoms with Crippen LogP contribution in [0.25, 0.3) is 22.0 Å². The average Bonchev–Trinajstić information content (AvgIpc) is 3.35. The van der Waals surface area contributed by atoms with Crippen LogP contribution < -0.4 is 0 Å². The number of rotatable bonds is 4. The van der Waals surface area contributed by atoms with Crippen molar-refractivity contribution < 1.29 is 18.8 Å². The van der Waals surface area contributed by atoms with Crippen LogP contribution in [0.2, 0.25) is 0 Å². The molecular formula is C26H21FN4O3. The lowest BCUT2D eigenvalue weighted by molar-refractivity contribution is -0.127. The smallest absolute Gasteiger partial charge is 0.295 e. The molecule has 34 heavy (non-hydrogen) atoms. The molecule has 0 unspecified atom stereocenters. The van der Waals surface area contributed by atoms with Gasteiger partial charge in [-0.25, -0.2) is 4.39 Å². The fraction of sp³-hybridized carbons (Fsp3) is 0.154. The van der Waals surface area contributed by atoms with E-state index < -0.39 is 17.5 Å². The molecule has 7 nitrogen and oxygen atoms in total. The number of carbonyl (C=O) groups excluding carboxylic acids is 3. The number of nitrogens with one attached hydrogen (secondary N) is 1. The second kappa shape index (κ2) is 8.90. The predicted octanol–water partition coefficient (Wildman–Crippen LogP) is 3.54. The summed E-state index contributed by atoms with van der Waals surface area (Å²) in [5.74, 6) is -2.19. The first-order valence-electron chi connectivity index (χ1n) is 10.9. The number of amides is 2. The number of Topliss-reactive ketones (excluding diaryl/α,β-unsaturated/α-hetero) is 1. The maximum atomic E-state index is 14.8. The quantitative estimate of drug-likeness (QED) is 0.376. The van der Waals surface area contributed by atoms with E-state index in [-0.39, 0.29) is 29.9 Å². The van der Waals surface area contributed by atoms with E-state index in [0.29, 0.717) is 29.7 Å². The molecule has 4 aromatic rings. The lowest BCUT2D eigenvalue weighted by atomic mass is 10.0. The Morgan fingerprint density at radius 3 is 2.32 bits per heavy atom. The van der Waals surface area contributed by atoms with Gasteiger partial charge in [0.05, 0.1) is 11.1 Å². The van der Waals surface area contributed by atoms with Crippen LogP contribution in [0.5, 0.6) is 0 Å². The topological polar surface area (TPSA) is 86.4 Å². The summed E-state index contributed by atoms with van der Waals surface area (Å²) in [5, 5.41) is 0.0811. The number of ketones is 1. The third-order valence-corrected chi connectivity index (χ3v) is 6.07. The zero-order chi connectivity index (χ0) is 23.7. The molecule has 1 N–H and O–H groups in total. The molecule has 2 aromatic heterocycles. The van der Waals surface area contributed by atoms with Crippen LogP contribution in [0.4, 0.5) is 4.39 Å². The SMILES string of the molecule is O=C(C(=O)N1CCN(C(=O)c2ccccc2)CC1)c1c[nH]c2c(-c3cccnc3)ccc(F)c12. The largest absolute Gasteiger partial charge is 0.360 e. The van der Waals surface area contributed by atoms with Gasteiger partial charge < -0.3 is 14.8 Å². The van der Waals surface area contributed by atoms with Crippen molar-refractivity contribution in [2.24, 2.45) is 0 Å². The second-order valence-corrected chi connectivity index (χ2v) is 8.07.